The molecule has 1 heterocycles. The number of aryl methyl sites for hydroxylation is 1. The molecule has 0 amide bonds. The van der Waals surface area contributed by atoms with Gasteiger partial charge in [-0.25, -0.2) is 4.39 Å². The summed E-state index contributed by atoms with van der Waals surface area (Å²) in [6.07, 6.45) is 1.22. The molecule has 2 unspecified atom stereocenters. The van der Waals surface area contributed by atoms with E-state index in [9.17, 15) is 4.39 Å². The second kappa shape index (κ2) is 5.82. The standard InChI is InChI=1S/C17H27FN2/c1-12-9-13(5-6-15(12)18)16(10-19)20-8-7-14(11-20)17(2,3)4/h5-6,9,14,16H,7-8,10-11,19H2,1-4H3. The van der Waals surface area contributed by atoms with Gasteiger partial charge < -0.3 is 5.73 Å². The molecule has 20 heavy (non-hydrogen) atoms. The van der Waals surface area contributed by atoms with Crippen molar-refractivity contribution in [3.05, 3.63) is 35.1 Å². The Morgan fingerprint density at radius 1 is 1.40 bits per heavy atom. The lowest BCUT2D eigenvalue weighted by Gasteiger charge is -2.30. The van der Waals surface area contributed by atoms with Crippen molar-refractivity contribution in [2.75, 3.05) is 19.6 Å². The van der Waals surface area contributed by atoms with Gasteiger partial charge in [0.05, 0.1) is 0 Å². The first kappa shape index (κ1) is 15.5. The van der Waals surface area contributed by atoms with E-state index in [2.05, 4.69) is 25.7 Å². The molecule has 0 spiro atoms. The quantitative estimate of drug-likeness (QED) is 0.917. The van der Waals surface area contributed by atoms with E-state index in [1.807, 2.05) is 19.1 Å². The summed E-state index contributed by atoms with van der Waals surface area (Å²) in [4.78, 5) is 2.46. The van der Waals surface area contributed by atoms with E-state index in [1.165, 1.54) is 6.42 Å². The lowest BCUT2D eigenvalue weighted by molar-refractivity contribution is 0.197. The summed E-state index contributed by atoms with van der Waals surface area (Å²) in [5, 5.41) is 0. The van der Waals surface area contributed by atoms with Gasteiger partial charge in [-0.3, -0.25) is 4.90 Å². The van der Waals surface area contributed by atoms with E-state index in [4.69, 9.17) is 5.73 Å². The van der Waals surface area contributed by atoms with Gasteiger partial charge in [-0.2, -0.15) is 0 Å². The van der Waals surface area contributed by atoms with Gasteiger partial charge in [0.25, 0.3) is 0 Å². The summed E-state index contributed by atoms with van der Waals surface area (Å²) in [6, 6.07) is 5.59. The first-order valence-electron chi connectivity index (χ1n) is 7.53. The molecule has 3 heteroatoms. The molecule has 0 radical (unpaired) electrons. The van der Waals surface area contributed by atoms with Crippen LogP contribution in [0.5, 0.6) is 0 Å². The van der Waals surface area contributed by atoms with Crippen LogP contribution in [0.2, 0.25) is 0 Å². The van der Waals surface area contributed by atoms with E-state index in [-0.39, 0.29) is 11.9 Å². The summed E-state index contributed by atoms with van der Waals surface area (Å²) in [5.41, 5.74) is 8.17. The summed E-state index contributed by atoms with van der Waals surface area (Å²) in [6.45, 7) is 11.5. The van der Waals surface area contributed by atoms with Crippen molar-refractivity contribution in [2.45, 2.75) is 40.2 Å². The number of nitrogens with two attached hydrogens (primary N) is 1. The molecule has 0 bridgehead atoms. The fourth-order valence-corrected chi connectivity index (χ4v) is 3.15. The minimum Gasteiger partial charge on any atom is -0.329 e. The molecule has 2 nitrogen and oxygen atoms in total. The van der Waals surface area contributed by atoms with Crippen molar-refractivity contribution in [3.8, 4) is 0 Å². The van der Waals surface area contributed by atoms with Crippen LogP contribution in [0.25, 0.3) is 0 Å². The highest BCUT2D eigenvalue weighted by atomic mass is 19.1. The highest BCUT2D eigenvalue weighted by Gasteiger charge is 2.34. The van der Waals surface area contributed by atoms with Crippen LogP contribution < -0.4 is 5.73 Å². The van der Waals surface area contributed by atoms with Gasteiger partial charge in [0.1, 0.15) is 5.82 Å². The van der Waals surface area contributed by atoms with Crippen LogP contribution in [-0.4, -0.2) is 24.5 Å². The fourth-order valence-electron chi connectivity index (χ4n) is 3.15. The van der Waals surface area contributed by atoms with Crippen LogP contribution in [0.1, 0.15) is 44.4 Å². The number of hydrogen-bond donors (Lipinski definition) is 1. The van der Waals surface area contributed by atoms with Crippen LogP contribution in [0.4, 0.5) is 4.39 Å². The molecule has 0 saturated carbocycles. The highest BCUT2D eigenvalue weighted by Crippen LogP contribution is 2.37. The van der Waals surface area contributed by atoms with Gasteiger partial charge in [-0.1, -0.05) is 32.9 Å². The van der Waals surface area contributed by atoms with Crippen LogP contribution in [0.15, 0.2) is 18.2 Å². The van der Waals surface area contributed by atoms with Gasteiger partial charge in [0.15, 0.2) is 0 Å². The first-order valence-corrected chi connectivity index (χ1v) is 7.53. The van der Waals surface area contributed by atoms with Crippen molar-refractivity contribution >= 4 is 0 Å². The van der Waals surface area contributed by atoms with E-state index >= 15 is 0 Å². The molecular formula is C17H27FN2. The maximum Gasteiger partial charge on any atom is 0.126 e. The molecule has 1 aromatic carbocycles. The van der Waals surface area contributed by atoms with Gasteiger partial charge in [-0.05, 0) is 48.4 Å². The zero-order valence-electron chi connectivity index (χ0n) is 13.1. The van der Waals surface area contributed by atoms with Crippen molar-refractivity contribution < 1.29 is 4.39 Å². The van der Waals surface area contributed by atoms with Crippen molar-refractivity contribution in [2.24, 2.45) is 17.1 Å². The Hall–Kier alpha value is -0.930. The average molecular weight is 278 g/mol. The van der Waals surface area contributed by atoms with Crippen LogP contribution in [0.3, 0.4) is 0 Å². The summed E-state index contributed by atoms with van der Waals surface area (Å²) in [5.74, 6) is 0.566. The maximum absolute atomic E-state index is 13.4. The number of halogens is 1. The van der Waals surface area contributed by atoms with Crippen LogP contribution >= 0.6 is 0 Å². The minimum atomic E-state index is -0.140. The first-order chi connectivity index (χ1) is 9.32. The number of rotatable bonds is 3. The molecule has 2 N–H and O–H groups in total. The number of nitrogens with zero attached hydrogens (tertiary/aromatic N) is 1. The molecule has 2 atom stereocenters. The summed E-state index contributed by atoms with van der Waals surface area (Å²) in [7, 11) is 0. The third-order valence-corrected chi connectivity index (χ3v) is 4.68. The van der Waals surface area contributed by atoms with E-state index < -0.39 is 0 Å². The molecule has 1 saturated heterocycles. The predicted molar refractivity (Wildman–Crippen MR) is 82.1 cm³/mol. The van der Waals surface area contributed by atoms with Gasteiger partial charge in [0, 0.05) is 19.1 Å². The Bertz CT molecular complexity index is 465. The predicted octanol–water partition coefficient (Wildman–Crippen LogP) is 3.50. The maximum atomic E-state index is 13.4. The molecule has 0 aromatic heterocycles. The van der Waals surface area contributed by atoms with Gasteiger partial charge in [0.2, 0.25) is 0 Å². The van der Waals surface area contributed by atoms with Crippen molar-refractivity contribution in [1.29, 1.82) is 0 Å². The van der Waals surface area contributed by atoms with E-state index in [0.717, 1.165) is 18.7 Å². The van der Waals surface area contributed by atoms with Crippen LogP contribution in [0, 0.1) is 24.1 Å². The highest BCUT2D eigenvalue weighted by molar-refractivity contribution is 5.27. The van der Waals surface area contributed by atoms with Gasteiger partial charge >= 0.3 is 0 Å². The summed E-state index contributed by atoms with van der Waals surface area (Å²) < 4.78 is 13.4. The van der Waals surface area contributed by atoms with E-state index in [0.29, 0.717) is 23.4 Å². The molecule has 1 aliphatic rings. The Labute approximate surface area is 122 Å². The third kappa shape index (κ3) is 3.21. The van der Waals surface area contributed by atoms with Crippen molar-refractivity contribution in [3.63, 3.8) is 0 Å². The van der Waals surface area contributed by atoms with Crippen molar-refractivity contribution in [1.82, 2.24) is 4.90 Å². The SMILES string of the molecule is Cc1cc(C(CN)N2CCC(C(C)(C)C)C2)ccc1F. The molecule has 1 aliphatic heterocycles. The van der Waals surface area contributed by atoms with Gasteiger partial charge in [-0.15, -0.1) is 0 Å². The number of hydrogen-bond acceptors (Lipinski definition) is 2. The second-order valence-electron chi connectivity index (χ2n) is 7.11. The Morgan fingerprint density at radius 2 is 2.10 bits per heavy atom. The topological polar surface area (TPSA) is 29.3 Å². The molecule has 1 fully saturated rings. The molecular weight excluding hydrogens is 251 g/mol. The van der Waals surface area contributed by atoms with Crippen LogP contribution in [-0.2, 0) is 0 Å². The number of benzene rings is 1. The zero-order valence-corrected chi connectivity index (χ0v) is 13.1. The second-order valence-corrected chi connectivity index (χ2v) is 7.11. The third-order valence-electron chi connectivity index (χ3n) is 4.68. The average Bonchev–Trinajstić information content (AvgIpc) is 2.84. The lowest BCUT2D eigenvalue weighted by Crippen LogP contribution is -2.33. The normalized spacial score (nSPS) is 22.2. The monoisotopic (exact) mass is 278 g/mol. The molecule has 1 aromatic rings. The smallest absolute Gasteiger partial charge is 0.126 e. The molecule has 0 aliphatic carbocycles. The lowest BCUT2D eigenvalue weighted by atomic mass is 9.80. The minimum absolute atomic E-state index is 0.140. The zero-order chi connectivity index (χ0) is 14.9. The molecule has 112 valence electrons. The largest absolute Gasteiger partial charge is 0.329 e. The Kier molecular flexibility index (Phi) is 4.50. The fraction of sp³-hybridized carbons (Fsp3) is 0.647. The van der Waals surface area contributed by atoms with E-state index in [1.54, 1.807) is 6.07 Å². The Morgan fingerprint density at radius 3 is 2.60 bits per heavy atom. The summed E-state index contributed by atoms with van der Waals surface area (Å²) >= 11 is 0. The Balaban J connectivity index is 2.15. The number of likely N-dealkylation sites (tertiary alicyclic amines) is 1. The molecule has 2 rings (SSSR count).